The van der Waals surface area contributed by atoms with Crippen molar-refractivity contribution in [2.24, 2.45) is 5.73 Å². The molecule has 0 radical (unpaired) electrons. The first kappa shape index (κ1) is 28.0. The van der Waals surface area contributed by atoms with Crippen LogP contribution in [-0.4, -0.2) is 42.7 Å². The summed E-state index contributed by atoms with van der Waals surface area (Å²) in [5.41, 5.74) is 9.04. The van der Waals surface area contributed by atoms with Gasteiger partial charge >= 0.3 is 5.97 Å². The molecule has 11 heteroatoms. The molecule has 0 bridgehead atoms. The van der Waals surface area contributed by atoms with E-state index in [0.717, 1.165) is 51.5 Å². The van der Waals surface area contributed by atoms with Gasteiger partial charge in [0.15, 0.2) is 0 Å². The molecule has 0 atom stereocenters. The van der Waals surface area contributed by atoms with Crippen molar-refractivity contribution in [3.05, 3.63) is 86.0 Å². The summed E-state index contributed by atoms with van der Waals surface area (Å²) in [5.74, 6) is 0.749. The SMILES string of the molecule is CC(C)c1csc(CCc2ccn3c(=O)c(C=CC(=O)O)c(Sc4cccnc4CSCCN)nc3c2)n1. The Morgan fingerprint density at radius 3 is 2.84 bits per heavy atom. The summed E-state index contributed by atoms with van der Waals surface area (Å²) in [6, 6.07) is 7.58. The number of aryl methyl sites for hydroxylation is 2. The first-order valence-corrected chi connectivity index (χ1v) is 15.0. The molecule has 0 aliphatic rings. The molecule has 0 aliphatic carbocycles. The van der Waals surface area contributed by atoms with Gasteiger partial charge in [-0.1, -0.05) is 25.6 Å². The number of hydrogen-bond acceptors (Lipinski definition) is 9. The predicted molar refractivity (Wildman–Crippen MR) is 155 cm³/mol. The number of aliphatic carboxylic acids is 1. The Bertz CT molecular complexity index is 1510. The second-order valence-electron chi connectivity index (χ2n) is 8.78. The van der Waals surface area contributed by atoms with Gasteiger partial charge in [-0.25, -0.2) is 14.8 Å². The van der Waals surface area contributed by atoms with Crippen LogP contribution < -0.4 is 11.3 Å². The molecule has 4 heterocycles. The molecule has 3 N–H and O–H groups in total. The third-order valence-corrected chi connectivity index (χ3v) is 8.66. The summed E-state index contributed by atoms with van der Waals surface area (Å²) in [6.07, 6.45) is 7.28. The lowest BCUT2D eigenvalue weighted by Gasteiger charge is -2.11. The first-order chi connectivity index (χ1) is 18.4. The van der Waals surface area contributed by atoms with E-state index in [9.17, 15) is 14.7 Å². The normalized spacial score (nSPS) is 11.7. The van der Waals surface area contributed by atoms with Crippen LogP contribution in [0.25, 0.3) is 11.7 Å². The molecular formula is C27H29N5O3S3. The Labute approximate surface area is 233 Å². The smallest absolute Gasteiger partial charge is 0.328 e. The number of pyridine rings is 2. The van der Waals surface area contributed by atoms with Gasteiger partial charge < -0.3 is 10.8 Å². The zero-order valence-corrected chi connectivity index (χ0v) is 23.6. The van der Waals surface area contributed by atoms with Crippen LogP contribution in [0.1, 0.15) is 47.3 Å². The lowest BCUT2D eigenvalue weighted by Crippen LogP contribution is -2.19. The number of carboxylic acids is 1. The maximum atomic E-state index is 13.4. The molecule has 0 aromatic carbocycles. The number of thioether (sulfide) groups is 1. The van der Waals surface area contributed by atoms with E-state index in [-0.39, 0.29) is 11.1 Å². The second kappa shape index (κ2) is 13.2. The van der Waals surface area contributed by atoms with Crippen molar-refractivity contribution >= 4 is 52.6 Å². The largest absolute Gasteiger partial charge is 0.478 e. The molecule has 4 aromatic rings. The molecule has 0 unspecified atom stereocenters. The van der Waals surface area contributed by atoms with Gasteiger partial charge in [-0.05, 0) is 48.2 Å². The van der Waals surface area contributed by atoms with Crippen LogP contribution in [0.3, 0.4) is 0 Å². The number of nitrogens with zero attached hydrogens (tertiary/aromatic N) is 4. The van der Waals surface area contributed by atoms with E-state index in [1.807, 2.05) is 24.3 Å². The van der Waals surface area contributed by atoms with Gasteiger partial charge in [-0.2, -0.15) is 11.8 Å². The van der Waals surface area contributed by atoms with Crippen LogP contribution >= 0.6 is 34.9 Å². The predicted octanol–water partition coefficient (Wildman–Crippen LogP) is 4.90. The fourth-order valence-corrected chi connectivity index (χ4v) is 6.43. The van der Waals surface area contributed by atoms with Crippen molar-refractivity contribution in [3.8, 4) is 0 Å². The van der Waals surface area contributed by atoms with E-state index in [0.29, 0.717) is 28.9 Å². The fourth-order valence-electron chi connectivity index (χ4n) is 3.64. The molecule has 4 aromatic heterocycles. The summed E-state index contributed by atoms with van der Waals surface area (Å²) in [7, 11) is 0. The number of thiazole rings is 1. The number of aromatic nitrogens is 4. The van der Waals surface area contributed by atoms with Crippen LogP contribution in [0, 0.1) is 0 Å². The highest BCUT2D eigenvalue weighted by atomic mass is 32.2. The van der Waals surface area contributed by atoms with E-state index in [2.05, 4.69) is 24.2 Å². The highest BCUT2D eigenvalue weighted by molar-refractivity contribution is 8.00. The molecule has 198 valence electrons. The van der Waals surface area contributed by atoms with E-state index >= 15 is 0 Å². The molecule has 0 saturated carbocycles. The molecule has 0 saturated heterocycles. The van der Waals surface area contributed by atoms with E-state index in [4.69, 9.17) is 15.7 Å². The van der Waals surface area contributed by atoms with Crippen molar-refractivity contribution in [2.75, 3.05) is 12.3 Å². The zero-order chi connectivity index (χ0) is 27.1. The van der Waals surface area contributed by atoms with Crippen LogP contribution in [0.5, 0.6) is 0 Å². The lowest BCUT2D eigenvalue weighted by molar-refractivity contribution is -0.131. The fraction of sp³-hybridized carbons (Fsp3) is 0.296. The van der Waals surface area contributed by atoms with Crippen LogP contribution in [0.15, 0.2) is 62.8 Å². The maximum Gasteiger partial charge on any atom is 0.328 e. The molecule has 38 heavy (non-hydrogen) atoms. The Hall–Kier alpha value is -2.99. The molecule has 8 nitrogen and oxygen atoms in total. The minimum Gasteiger partial charge on any atom is -0.478 e. The number of carboxylic acid groups (broad SMARTS) is 1. The number of rotatable bonds is 12. The third kappa shape index (κ3) is 7.10. The summed E-state index contributed by atoms with van der Waals surface area (Å²) in [6.45, 7) is 4.85. The van der Waals surface area contributed by atoms with Gasteiger partial charge in [-0.3, -0.25) is 14.2 Å². The summed E-state index contributed by atoms with van der Waals surface area (Å²) >= 11 is 4.67. The average Bonchev–Trinajstić information content (AvgIpc) is 3.38. The Morgan fingerprint density at radius 2 is 2.11 bits per heavy atom. The standard InChI is InChI=1S/C27H29N5O3S3/c1-17(2)20-16-37-24(30-20)7-5-18-9-12-32-23(14-18)31-26(19(27(32)35)6-8-25(33)34)38-22-4-3-11-29-21(22)15-36-13-10-28/h3-4,6,8-9,11-12,14,16-17H,5,7,10,13,15,28H2,1-2H3,(H,33,34). The zero-order valence-electron chi connectivity index (χ0n) is 21.2. The van der Waals surface area contributed by atoms with Crippen molar-refractivity contribution < 1.29 is 9.90 Å². The second-order valence-corrected chi connectivity index (χ2v) is 11.9. The minimum absolute atomic E-state index is 0.219. The molecular weight excluding hydrogens is 539 g/mol. The van der Waals surface area contributed by atoms with Gasteiger partial charge in [0.1, 0.15) is 10.7 Å². The van der Waals surface area contributed by atoms with Crippen LogP contribution in [0.2, 0.25) is 0 Å². The Kier molecular flexibility index (Phi) is 9.73. The topological polar surface area (TPSA) is 123 Å². The first-order valence-electron chi connectivity index (χ1n) is 12.2. The van der Waals surface area contributed by atoms with Crippen molar-refractivity contribution in [2.45, 2.75) is 48.3 Å². The van der Waals surface area contributed by atoms with Crippen LogP contribution in [0.4, 0.5) is 0 Å². The monoisotopic (exact) mass is 567 g/mol. The number of nitrogens with two attached hydrogens (primary N) is 1. The Morgan fingerprint density at radius 1 is 1.26 bits per heavy atom. The van der Waals surface area contributed by atoms with Gasteiger partial charge in [-0.15, -0.1) is 11.3 Å². The maximum absolute atomic E-state index is 13.4. The Balaban J connectivity index is 1.68. The summed E-state index contributed by atoms with van der Waals surface area (Å²) in [4.78, 5) is 39.6. The third-order valence-electron chi connectivity index (χ3n) is 5.63. The van der Waals surface area contributed by atoms with Gasteiger partial charge in [0.2, 0.25) is 0 Å². The highest BCUT2D eigenvalue weighted by Crippen LogP contribution is 2.32. The van der Waals surface area contributed by atoms with E-state index < -0.39 is 5.97 Å². The molecule has 4 rings (SSSR count). The number of fused-ring (bicyclic) bond motifs is 1. The van der Waals surface area contributed by atoms with Crippen LogP contribution in [-0.2, 0) is 23.4 Å². The van der Waals surface area contributed by atoms with E-state index in [1.54, 1.807) is 35.5 Å². The number of hydrogen-bond donors (Lipinski definition) is 2. The molecule has 0 fully saturated rings. The van der Waals surface area contributed by atoms with Gasteiger partial charge in [0, 0.05) is 53.2 Å². The van der Waals surface area contributed by atoms with Gasteiger partial charge in [0.25, 0.3) is 5.56 Å². The van der Waals surface area contributed by atoms with Crippen molar-refractivity contribution in [1.29, 1.82) is 0 Å². The van der Waals surface area contributed by atoms with Gasteiger partial charge in [0.05, 0.1) is 22.0 Å². The quantitative estimate of drug-likeness (QED) is 0.140. The number of carbonyl (C=O) groups is 1. The summed E-state index contributed by atoms with van der Waals surface area (Å²) in [5, 5.41) is 12.8. The average molecular weight is 568 g/mol. The minimum atomic E-state index is -1.14. The van der Waals surface area contributed by atoms with Crippen molar-refractivity contribution in [1.82, 2.24) is 19.4 Å². The molecule has 0 amide bonds. The molecule has 0 spiro atoms. The van der Waals surface area contributed by atoms with E-state index in [1.165, 1.54) is 22.2 Å². The lowest BCUT2D eigenvalue weighted by atomic mass is 10.1. The summed E-state index contributed by atoms with van der Waals surface area (Å²) < 4.78 is 1.45. The van der Waals surface area contributed by atoms with Crippen molar-refractivity contribution in [3.63, 3.8) is 0 Å². The molecule has 0 aliphatic heterocycles. The highest BCUT2D eigenvalue weighted by Gasteiger charge is 2.16.